The van der Waals surface area contributed by atoms with E-state index in [1.54, 1.807) is 0 Å². The molecule has 0 saturated carbocycles. The maximum Gasteiger partial charge on any atom is 0.413 e. The normalized spacial score (nSPS) is 10.1. The zero-order chi connectivity index (χ0) is 13.4. The van der Waals surface area contributed by atoms with Crippen molar-refractivity contribution in [1.29, 1.82) is 0 Å². The van der Waals surface area contributed by atoms with Crippen molar-refractivity contribution in [3.05, 3.63) is 12.2 Å². The lowest BCUT2D eigenvalue weighted by atomic mass is 10.5. The van der Waals surface area contributed by atoms with E-state index in [1.807, 2.05) is 0 Å². The fourth-order valence-corrected chi connectivity index (χ4v) is 0.617. The van der Waals surface area contributed by atoms with E-state index in [9.17, 15) is 19.2 Å². The summed E-state index contributed by atoms with van der Waals surface area (Å²) in [7, 11) is 0. The number of carbonyl (C=O) groups is 4. The van der Waals surface area contributed by atoms with E-state index in [0.29, 0.717) is 12.2 Å². The standard InChI is InChI=1S/C9H10O8/c1-5(10)15-9(16-6(2)11)17-8(14)4-3-7(12)13/h3-4,9H,1-2H3,(H,12,13)/b4-3+. The Morgan fingerprint density at radius 2 is 1.41 bits per heavy atom. The molecule has 8 heteroatoms. The Kier molecular flexibility index (Phi) is 6.01. The van der Waals surface area contributed by atoms with Gasteiger partial charge in [-0.05, 0) is 0 Å². The highest BCUT2D eigenvalue weighted by Gasteiger charge is 2.19. The molecule has 0 aliphatic rings. The van der Waals surface area contributed by atoms with Gasteiger partial charge in [-0.2, -0.15) is 0 Å². The van der Waals surface area contributed by atoms with Crippen molar-refractivity contribution in [1.82, 2.24) is 0 Å². The molecule has 0 aliphatic heterocycles. The highest BCUT2D eigenvalue weighted by atomic mass is 16.9. The van der Waals surface area contributed by atoms with Crippen LogP contribution in [0.1, 0.15) is 13.8 Å². The van der Waals surface area contributed by atoms with Crippen molar-refractivity contribution in [3.63, 3.8) is 0 Å². The third-order valence-electron chi connectivity index (χ3n) is 1.10. The lowest BCUT2D eigenvalue weighted by molar-refractivity contribution is -0.253. The van der Waals surface area contributed by atoms with Crippen molar-refractivity contribution in [2.45, 2.75) is 20.3 Å². The summed E-state index contributed by atoms with van der Waals surface area (Å²) < 4.78 is 13.0. The molecule has 0 rings (SSSR count). The first-order chi connectivity index (χ1) is 7.81. The van der Waals surface area contributed by atoms with Gasteiger partial charge in [0, 0.05) is 26.0 Å². The van der Waals surface area contributed by atoms with Gasteiger partial charge in [0.2, 0.25) is 0 Å². The maximum atomic E-state index is 11.0. The van der Waals surface area contributed by atoms with Crippen LogP contribution in [0.4, 0.5) is 0 Å². The van der Waals surface area contributed by atoms with Gasteiger partial charge >= 0.3 is 30.4 Å². The van der Waals surface area contributed by atoms with Crippen LogP contribution in [0.15, 0.2) is 12.2 Å². The second kappa shape index (κ2) is 6.99. The molecule has 1 N–H and O–H groups in total. The zero-order valence-corrected chi connectivity index (χ0v) is 9.04. The minimum Gasteiger partial charge on any atom is -0.478 e. The number of rotatable bonds is 5. The predicted octanol–water partition coefficient (Wildman–Crippen LogP) is -0.420. The molecule has 0 amide bonds. The molecule has 94 valence electrons. The van der Waals surface area contributed by atoms with Crippen molar-refractivity contribution < 1.29 is 38.5 Å². The first-order valence-electron chi connectivity index (χ1n) is 4.27. The van der Waals surface area contributed by atoms with E-state index in [1.165, 1.54) is 0 Å². The van der Waals surface area contributed by atoms with E-state index in [4.69, 9.17) is 5.11 Å². The summed E-state index contributed by atoms with van der Waals surface area (Å²) >= 11 is 0. The lowest BCUT2D eigenvalue weighted by Gasteiger charge is -2.14. The average molecular weight is 246 g/mol. The molecular weight excluding hydrogens is 236 g/mol. The van der Waals surface area contributed by atoms with E-state index >= 15 is 0 Å². The predicted molar refractivity (Wildman–Crippen MR) is 50.2 cm³/mol. The van der Waals surface area contributed by atoms with Gasteiger partial charge in [0.1, 0.15) is 0 Å². The first-order valence-corrected chi connectivity index (χ1v) is 4.27. The summed E-state index contributed by atoms with van der Waals surface area (Å²) in [6.45, 7) is 0.186. The Labute approximate surface area is 95.8 Å². The Bertz CT molecular complexity index is 340. The number of esters is 3. The van der Waals surface area contributed by atoms with Crippen LogP contribution in [0.5, 0.6) is 0 Å². The highest BCUT2D eigenvalue weighted by molar-refractivity contribution is 5.90. The van der Waals surface area contributed by atoms with Gasteiger partial charge in [0.25, 0.3) is 0 Å². The molecule has 0 aromatic carbocycles. The third-order valence-corrected chi connectivity index (χ3v) is 1.10. The van der Waals surface area contributed by atoms with Crippen LogP contribution in [-0.2, 0) is 33.4 Å². The Morgan fingerprint density at radius 1 is 0.941 bits per heavy atom. The smallest absolute Gasteiger partial charge is 0.413 e. The van der Waals surface area contributed by atoms with Crippen LogP contribution < -0.4 is 0 Å². The van der Waals surface area contributed by atoms with Crippen LogP contribution in [0.2, 0.25) is 0 Å². The first kappa shape index (κ1) is 14.6. The number of hydrogen-bond acceptors (Lipinski definition) is 7. The molecule has 0 bridgehead atoms. The fraction of sp³-hybridized carbons (Fsp3) is 0.333. The third kappa shape index (κ3) is 8.60. The fourth-order valence-electron chi connectivity index (χ4n) is 0.617. The van der Waals surface area contributed by atoms with Crippen LogP contribution in [0, 0.1) is 0 Å². The molecule has 8 nitrogen and oxygen atoms in total. The molecule has 0 aromatic heterocycles. The molecule has 0 saturated heterocycles. The minimum absolute atomic E-state index is 0.515. The highest BCUT2D eigenvalue weighted by Crippen LogP contribution is 2.00. The van der Waals surface area contributed by atoms with Crippen LogP contribution in [0.3, 0.4) is 0 Å². The summed E-state index contributed by atoms with van der Waals surface area (Å²) in [5, 5.41) is 8.22. The molecule has 0 heterocycles. The average Bonchev–Trinajstić information content (AvgIpc) is 2.12. The molecule has 0 aliphatic carbocycles. The number of ether oxygens (including phenoxy) is 3. The molecular formula is C9H10O8. The Hall–Kier alpha value is -2.38. The van der Waals surface area contributed by atoms with Crippen molar-refractivity contribution >= 4 is 23.9 Å². The van der Waals surface area contributed by atoms with E-state index in [0.717, 1.165) is 13.8 Å². The largest absolute Gasteiger partial charge is 0.478 e. The van der Waals surface area contributed by atoms with Crippen molar-refractivity contribution in [2.75, 3.05) is 0 Å². The van der Waals surface area contributed by atoms with Gasteiger partial charge in [-0.25, -0.2) is 9.59 Å². The maximum absolute atomic E-state index is 11.0. The molecule has 0 radical (unpaired) electrons. The molecule has 17 heavy (non-hydrogen) atoms. The number of carbonyl (C=O) groups excluding carboxylic acids is 3. The van der Waals surface area contributed by atoms with Gasteiger partial charge in [-0.1, -0.05) is 0 Å². The zero-order valence-electron chi connectivity index (χ0n) is 9.04. The second-order valence-corrected chi connectivity index (χ2v) is 2.62. The van der Waals surface area contributed by atoms with Gasteiger partial charge in [-0.15, -0.1) is 0 Å². The van der Waals surface area contributed by atoms with Crippen LogP contribution in [0.25, 0.3) is 0 Å². The van der Waals surface area contributed by atoms with Gasteiger partial charge in [0.15, 0.2) is 0 Å². The van der Waals surface area contributed by atoms with E-state index in [2.05, 4.69) is 14.2 Å². The van der Waals surface area contributed by atoms with Crippen LogP contribution in [-0.4, -0.2) is 35.5 Å². The van der Waals surface area contributed by atoms with E-state index < -0.39 is 30.4 Å². The van der Waals surface area contributed by atoms with Gasteiger partial charge < -0.3 is 19.3 Å². The van der Waals surface area contributed by atoms with Crippen molar-refractivity contribution in [2.24, 2.45) is 0 Å². The number of aliphatic carboxylic acids is 1. The summed E-state index contributed by atoms with van der Waals surface area (Å²) in [5.74, 6) is -4.18. The SMILES string of the molecule is CC(=O)OC(OC(C)=O)OC(=O)/C=C/C(=O)O. The minimum atomic E-state index is -1.84. The summed E-state index contributed by atoms with van der Waals surface area (Å²) in [6, 6.07) is 0. The van der Waals surface area contributed by atoms with Crippen LogP contribution >= 0.6 is 0 Å². The summed E-state index contributed by atoms with van der Waals surface area (Å²) in [6.07, 6.45) is 1.09. The topological polar surface area (TPSA) is 116 Å². The van der Waals surface area contributed by atoms with E-state index in [-0.39, 0.29) is 0 Å². The number of carboxylic acids is 1. The number of hydrogen-bond donors (Lipinski definition) is 1. The van der Waals surface area contributed by atoms with Crippen molar-refractivity contribution in [3.8, 4) is 0 Å². The second-order valence-electron chi connectivity index (χ2n) is 2.62. The molecule has 0 fully saturated rings. The molecule has 0 unspecified atom stereocenters. The Balaban J connectivity index is 4.41. The quantitative estimate of drug-likeness (QED) is 0.395. The summed E-state index contributed by atoms with van der Waals surface area (Å²) in [4.78, 5) is 42.2. The Morgan fingerprint density at radius 3 is 1.76 bits per heavy atom. The monoisotopic (exact) mass is 246 g/mol. The number of carboxylic acid groups (broad SMARTS) is 1. The molecule has 0 atom stereocenters. The van der Waals surface area contributed by atoms with Gasteiger partial charge in [-0.3, -0.25) is 9.59 Å². The van der Waals surface area contributed by atoms with Gasteiger partial charge in [0.05, 0.1) is 0 Å². The lowest BCUT2D eigenvalue weighted by Crippen LogP contribution is -2.27. The summed E-state index contributed by atoms with van der Waals surface area (Å²) in [5.41, 5.74) is 0. The molecule has 0 spiro atoms. The molecule has 0 aromatic rings.